The minimum atomic E-state index is -0.787. The number of unbranched alkanes of at least 4 members (excludes halogenated alkanes) is 1. The Kier molecular flexibility index (Phi) is 13.9. The van der Waals surface area contributed by atoms with Gasteiger partial charge in [-0.15, -0.1) is 0 Å². The Morgan fingerprint density at radius 1 is 0.925 bits per heavy atom. The normalized spacial score (nSPS) is 15.2. The molecule has 9 nitrogen and oxygen atoms in total. The molecule has 2 aromatic carbocycles. The average molecular weight is 573 g/mol. The molecular weight excluding hydrogens is 532 g/mol. The molecule has 1 fully saturated rings. The molecule has 4 N–H and O–H groups in total. The first-order valence-electron chi connectivity index (χ1n) is 14.0. The van der Waals surface area contributed by atoms with Gasteiger partial charge in [-0.25, -0.2) is 5.48 Å². The van der Waals surface area contributed by atoms with Gasteiger partial charge in [0.25, 0.3) is 0 Å². The second-order valence-electron chi connectivity index (χ2n) is 10.2. The molecular formula is C30H41ClN4O5. The van der Waals surface area contributed by atoms with Crippen LogP contribution in [0.15, 0.2) is 54.6 Å². The van der Waals surface area contributed by atoms with Crippen molar-refractivity contribution in [1.29, 1.82) is 0 Å². The van der Waals surface area contributed by atoms with Crippen LogP contribution in [0.3, 0.4) is 0 Å². The van der Waals surface area contributed by atoms with Gasteiger partial charge in [0.1, 0.15) is 6.04 Å². The van der Waals surface area contributed by atoms with Crippen molar-refractivity contribution in [3.05, 3.63) is 70.7 Å². The lowest BCUT2D eigenvalue weighted by Gasteiger charge is -2.26. The van der Waals surface area contributed by atoms with Crippen molar-refractivity contribution >= 4 is 29.3 Å². The molecule has 0 spiro atoms. The summed E-state index contributed by atoms with van der Waals surface area (Å²) in [5.41, 5.74) is 3.61. The standard InChI is InChI=1S/C30H41ClN4O5/c31-26-13-11-23(12-14-26)9-6-10-25(22-28(36)34-39)29(37)33-27(21-24-7-2-1-3-8-24)30(38)32-15-4-5-16-35-17-19-40-20-18-35/h1-3,7-8,11-14,25,27,39H,4-6,9-10,15-22H2,(H,32,38)(H,33,37)(H,34,36)/t25-,27+/m1/s1. The van der Waals surface area contributed by atoms with Gasteiger partial charge in [-0.05, 0) is 61.9 Å². The number of hydroxylamine groups is 1. The van der Waals surface area contributed by atoms with Gasteiger partial charge in [-0.3, -0.25) is 24.5 Å². The third-order valence-corrected chi connectivity index (χ3v) is 7.33. The third kappa shape index (κ3) is 11.6. The maximum Gasteiger partial charge on any atom is 0.244 e. The number of halogens is 1. The molecule has 0 bridgehead atoms. The molecule has 0 aromatic heterocycles. The Morgan fingerprint density at radius 2 is 1.65 bits per heavy atom. The highest BCUT2D eigenvalue weighted by Gasteiger charge is 2.27. The molecule has 1 aliphatic rings. The van der Waals surface area contributed by atoms with E-state index in [1.807, 2.05) is 54.6 Å². The Morgan fingerprint density at radius 3 is 2.35 bits per heavy atom. The molecule has 2 aromatic rings. The molecule has 218 valence electrons. The van der Waals surface area contributed by atoms with E-state index in [1.54, 1.807) is 5.48 Å². The number of hydrogen-bond donors (Lipinski definition) is 4. The van der Waals surface area contributed by atoms with E-state index < -0.39 is 17.9 Å². The van der Waals surface area contributed by atoms with Crippen molar-refractivity contribution in [2.24, 2.45) is 5.92 Å². The second-order valence-corrected chi connectivity index (χ2v) is 10.6. The smallest absolute Gasteiger partial charge is 0.244 e. The molecule has 40 heavy (non-hydrogen) atoms. The summed E-state index contributed by atoms with van der Waals surface area (Å²) in [5.74, 6) is -1.98. The first-order chi connectivity index (χ1) is 19.4. The molecule has 1 saturated heterocycles. The van der Waals surface area contributed by atoms with Gasteiger partial charge < -0.3 is 15.4 Å². The molecule has 3 amide bonds. The number of carbonyl (C=O) groups excluding carboxylic acids is 3. The third-order valence-electron chi connectivity index (χ3n) is 7.08. The molecule has 2 atom stereocenters. The first kappa shape index (κ1) is 31.5. The summed E-state index contributed by atoms with van der Waals surface area (Å²) in [6.07, 6.45) is 3.72. The van der Waals surface area contributed by atoms with Gasteiger partial charge in [0.2, 0.25) is 17.7 Å². The van der Waals surface area contributed by atoms with Crippen LogP contribution in [0.1, 0.15) is 43.2 Å². The number of nitrogens with zero attached hydrogens (tertiary/aromatic N) is 1. The van der Waals surface area contributed by atoms with E-state index >= 15 is 0 Å². The summed E-state index contributed by atoms with van der Waals surface area (Å²) in [6, 6.07) is 16.2. The lowest BCUT2D eigenvalue weighted by Crippen LogP contribution is -2.50. The zero-order valence-electron chi connectivity index (χ0n) is 22.9. The molecule has 1 aliphatic heterocycles. The highest BCUT2D eigenvalue weighted by Crippen LogP contribution is 2.17. The number of carbonyl (C=O) groups is 3. The van der Waals surface area contributed by atoms with Crippen LogP contribution in [0.5, 0.6) is 0 Å². The summed E-state index contributed by atoms with van der Waals surface area (Å²) in [4.78, 5) is 40.9. The predicted molar refractivity (Wildman–Crippen MR) is 154 cm³/mol. The van der Waals surface area contributed by atoms with Crippen molar-refractivity contribution in [3.8, 4) is 0 Å². The Balaban J connectivity index is 1.56. The number of rotatable bonds is 16. The summed E-state index contributed by atoms with van der Waals surface area (Å²) < 4.78 is 5.38. The number of aryl methyl sites for hydroxylation is 1. The largest absolute Gasteiger partial charge is 0.379 e. The number of amides is 3. The van der Waals surface area contributed by atoms with Gasteiger partial charge in [0, 0.05) is 43.4 Å². The summed E-state index contributed by atoms with van der Waals surface area (Å²) >= 11 is 5.96. The van der Waals surface area contributed by atoms with Gasteiger partial charge >= 0.3 is 0 Å². The summed E-state index contributed by atoms with van der Waals surface area (Å²) in [5, 5.41) is 15.6. The van der Waals surface area contributed by atoms with E-state index in [0.29, 0.717) is 37.3 Å². The van der Waals surface area contributed by atoms with Crippen molar-refractivity contribution in [1.82, 2.24) is 21.0 Å². The molecule has 0 unspecified atom stereocenters. The fourth-order valence-electron chi connectivity index (χ4n) is 4.77. The van der Waals surface area contributed by atoms with Crippen molar-refractivity contribution in [2.75, 3.05) is 39.4 Å². The summed E-state index contributed by atoms with van der Waals surface area (Å²) in [6.45, 7) is 4.88. The van der Waals surface area contributed by atoms with Crippen molar-refractivity contribution < 1.29 is 24.3 Å². The van der Waals surface area contributed by atoms with Crippen LogP contribution in [0.2, 0.25) is 5.02 Å². The van der Waals surface area contributed by atoms with Gasteiger partial charge in [-0.1, -0.05) is 54.1 Å². The van der Waals surface area contributed by atoms with Gasteiger partial charge in [0.15, 0.2) is 0 Å². The van der Waals surface area contributed by atoms with E-state index in [-0.39, 0.29) is 18.2 Å². The van der Waals surface area contributed by atoms with Crippen molar-refractivity contribution in [2.45, 2.75) is 51.0 Å². The fraction of sp³-hybridized carbons (Fsp3) is 0.500. The molecule has 10 heteroatoms. The van der Waals surface area contributed by atoms with Gasteiger partial charge in [-0.2, -0.15) is 0 Å². The predicted octanol–water partition coefficient (Wildman–Crippen LogP) is 3.13. The molecule has 3 rings (SSSR count). The van der Waals surface area contributed by atoms with Crippen LogP contribution in [0.25, 0.3) is 0 Å². The SMILES string of the molecule is O=C(C[C@@H](CCCc1ccc(Cl)cc1)C(=O)N[C@@H](Cc1ccccc1)C(=O)NCCCCN1CCOCC1)NO. The topological polar surface area (TPSA) is 120 Å². The van der Waals surface area contributed by atoms with Crippen LogP contribution in [0.4, 0.5) is 0 Å². The molecule has 1 heterocycles. The quantitative estimate of drug-likeness (QED) is 0.139. The average Bonchev–Trinajstić information content (AvgIpc) is 2.98. The lowest BCUT2D eigenvalue weighted by atomic mass is 9.94. The summed E-state index contributed by atoms with van der Waals surface area (Å²) in [7, 11) is 0. The molecule has 0 saturated carbocycles. The minimum absolute atomic E-state index is 0.176. The fourth-order valence-corrected chi connectivity index (χ4v) is 4.89. The Hall–Kier alpha value is -2.98. The number of benzene rings is 2. The highest BCUT2D eigenvalue weighted by atomic mass is 35.5. The molecule has 0 radical (unpaired) electrons. The zero-order valence-corrected chi connectivity index (χ0v) is 23.7. The number of nitrogens with one attached hydrogen (secondary N) is 3. The minimum Gasteiger partial charge on any atom is -0.379 e. The number of morpholine rings is 1. The van der Waals surface area contributed by atoms with Crippen molar-refractivity contribution in [3.63, 3.8) is 0 Å². The van der Waals surface area contributed by atoms with Gasteiger partial charge in [0.05, 0.1) is 13.2 Å². The monoisotopic (exact) mass is 572 g/mol. The van der Waals surface area contributed by atoms with E-state index in [1.165, 1.54) is 0 Å². The van der Waals surface area contributed by atoms with E-state index in [4.69, 9.17) is 21.5 Å². The maximum absolute atomic E-state index is 13.4. The number of ether oxygens (including phenoxy) is 1. The van der Waals surface area contributed by atoms with Crippen LogP contribution >= 0.6 is 11.6 Å². The van der Waals surface area contributed by atoms with Crippen LogP contribution in [-0.2, 0) is 32.0 Å². The number of hydrogen-bond acceptors (Lipinski definition) is 6. The van der Waals surface area contributed by atoms with E-state index in [2.05, 4.69) is 15.5 Å². The Labute approximate surface area is 241 Å². The zero-order chi connectivity index (χ0) is 28.6. The van der Waals surface area contributed by atoms with Crippen LogP contribution < -0.4 is 16.1 Å². The maximum atomic E-state index is 13.4. The van der Waals surface area contributed by atoms with Crippen LogP contribution in [-0.4, -0.2) is 73.3 Å². The van der Waals surface area contributed by atoms with Crippen LogP contribution in [0, 0.1) is 5.92 Å². The molecule has 0 aliphatic carbocycles. The van der Waals surface area contributed by atoms with E-state index in [9.17, 15) is 14.4 Å². The second kappa shape index (κ2) is 17.7. The first-order valence-corrected chi connectivity index (χ1v) is 14.4. The highest BCUT2D eigenvalue weighted by molar-refractivity contribution is 6.30. The van der Waals surface area contributed by atoms with E-state index in [0.717, 1.165) is 56.8 Å². The lowest BCUT2D eigenvalue weighted by molar-refractivity contribution is -0.136. The Bertz CT molecular complexity index is 1050.